The van der Waals surface area contributed by atoms with Crippen LogP contribution < -0.4 is 5.32 Å². The Bertz CT molecular complexity index is 352. The fourth-order valence-corrected chi connectivity index (χ4v) is 1.65. The summed E-state index contributed by atoms with van der Waals surface area (Å²) in [6, 6.07) is 6.53. The summed E-state index contributed by atoms with van der Waals surface area (Å²) in [5.74, 6) is -0.438. The second-order valence-corrected chi connectivity index (χ2v) is 4.03. The Labute approximate surface area is 95.9 Å². The van der Waals surface area contributed by atoms with Crippen LogP contribution in [0.5, 0.6) is 0 Å². The number of hydrogen-bond donors (Lipinski definition) is 1. The van der Waals surface area contributed by atoms with E-state index in [4.69, 9.17) is 0 Å². The monoisotopic (exact) mass is 223 g/mol. The number of rotatable bonds is 5. The highest BCUT2D eigenvalue weighted by molar-refractivity contribution is 5.78. The lowest BCUT2D eigenvalue weighted by molar-refractivity contribution is -0.121. The maximum Gasteiger partial charge on any atom is 0.224 e. The fraction of sp³-hybridized carbons (Fsp3) is 0.462. The van der Waals surface area contributed by atoms with Gasteiger partial charge in [-0.3, -0.25) is 4.79 Å². The molecule has 0 aromatic heterocycles. The molecule has 1 aromatic carbocycles. The Kier molecular flexibility index (Phi) is 4.96. The molecule has 88 valence electrons. The minimum Gasteiger partial charge on any atom is -0.353 e. The molecular formula is C13H18FNO. The predicted octanol–water partition coefficient (Wildman–Crippen LogP) is 2.67. The molecule has 1 N–H and O–H groups in total. The van der Waals surface area contributed by atoms with E-state index in [9.17, 15) is 9.18 Å². The molecule has 1 rings (SSSR count). The summed E-state index contributed by atoms with van der Waals surface area (Å²) in [5, 5.41) is 2.85. The number of amides is 1. The van der Waals surface area contributed by atoms with Crippen molar-refractivity contribution in [2.45, 2.75) is 39.2 Å². The van der Waals surface area contributed by atoms with Gasteiger partial charge in [0.25, 0.3) is 0 Å². The molecule has 1 atom stereocenters. The van der Waals surface area contributed by atoms with E-state index >= 15 is 0 Å². The maximum absolute atomic E-state index is 13.3. The number of benzene rings is 1. The van der Waals surface area contributed by atoms with E-state index in [0.717, 1.165) is 12.8 Å². The van der Waals surface area contributed by atoms with Crippen LogP contribution in [0.15, 0.2) is 24.3 Å². The standard InChI is InChI=1S/C13H18FNO/c1-3-6-10(2)15-13(16)9-11-7-4-5-8-12(11)14/h4-5,7-8,10H,3,6,9H2,1-2H3,(H,15,16)/t10-/m1/s1. The Morgan fingerprint density at radius 3 is 2.75 bits per heavy atom. The Morgan fingerprint density at radius 2 is 2.12 bits per heavy atom. The SMILES string of the molecule is CCC[C@@H](C)NC(=O)Cc1ccccc1F. The van der Waals surface area contributed by atoms with Crippen molar-refractivity contribution in [2.24, 2.45) is 0 Å². The number of carbonyl (C=O) groups excluding carboxylic acids is 1. The molecule has 0 saturated heterocycles. The van der Waals surface area contributed by atoms with Crippen LogP contribution in [0, 0.1) is 5.82 Å². The smallest absolute Gasteiger partial charge is 0.224 e. The Hall–Kier alpha value is -1.38. The van der Waals surface area contributed by atoms with Gasteiger partial charge in [-0.05, 0) is 25.0 Å². The van der Waals surface area contributed by atoms with E-state index < -0.39 is 0 Å². The van der Waals surface area contributed by atoms with Crippen molar-refractivity contribution in [2.75, 3.05) is 0 Å². The minimum atomic E-state index is -0.319. The molecule has 0 heterocycles. The van der Waals surface area contributed by atoms with E-state index in [1.165, 1.54) is 6.07 Å². The second-order valence-electron chi connectivity index (χ2n) is 4.03. The highest BCUT2D eigenvalue weighted by Crippen LogP contribution is 2.07. The molecule has 16 heavy (non-hydrogen) atoms. The molecule has 2 nitrogen and oxygen atoms in total. The van der Waals surface area contributed by atoms with E-state index in [0.29, 0.717) is 5.56 Å². The van der Waals surface area contributed by atoms with E-state index in [1.54, 1.807) is 18.2 Å². The van der Waals surface area contributed by atoms with Gasteiger partial charge in [-0.25, -0.2) is 4.39 Å². The normalized spacial score (nSPS) is 12.2. The molecule has 0 aliphatic carbocycles. The number of carbonyl (C=O) groups is 1. The van der Waals surface area contributed by atoms with Crippen LogP contribution in [-0.4, -0.2) is 11.9 Å². The van der Waals surface area contributed by atoms with Crippen molar-refractivity contribution < 1.29 is 9.18 Å². The lowest BCUT2D eigenvalue weighted by Gasteiger charge is -2.12. The summed E-state index contributed by atoms with van der Waals surface area (Å²) in [6.07, 6.45) is 2.09. The number of hydrogen-bond acceptors (Lipinski definition) is 1. The first-order valence-electron chi connectivity index (χ1n) is 5.66. The van der Waals surface area contributed by atoms with E-state index in [1.807, 2.05) is 6.92 Å². The zero-order valence-electron chi connectivity index (χ0n) is 9.79. The summed E-state index contributed by atoms with van der Waals surface area (Å²) >= 11 is 0. The van der Waals surface area contributed by atoms with Gasteiger partial charge < -0.3 is 5.32 Å². The average molecular weight is 223 g/mol. The fourth-order valence-electron chi connectivity index (χ4n) is 1.65. The molecule has 1 amide bonds. The van der Waals surface area contributed by atoms with Crippen LogP contribution in [0.4, 0.5) is 4.39 Å². The summed E-state index contributed by atoms with van der Waals surface area (Å²) in [5.41, 5.74) is 0.448. The van der Waals surface area contributed by atoms with Gasteiger partial charge in [0.2, 0.25) is 5.91 Å². The lowest BCUT2D eigenvalue weighted by Crippen LogP contribution is -2.33. The van der Waals surface area contributed by atoms with Gasteiger partial charge >= 0.3 is 0 Å². The Morgan fingerprint density at radius 1 is 1.44 bits per heavy atom. The second kappa shape index (κ2) is 6.26. The largest absolute Gasteiger partial charge is 0.353 e. The molecule has 0 bridgehead atoms. The Balaban J connectivity index is 2.49. The number of nitrogens with one attached hydrogen (secondary N) is 1. The van der Waals surface area contributed by atoms with Crippen LogP contribution >= 0.6 is 0 Å². The minimum absolute atomic E-state index is 0.112. The molecule has 0 unspecified atom stereocenters. The van der Waals surface area contributed by atoms with Gasteiger partial charge in [0.15, 0.2) is 0 Å². The summed E-state index contributed by atoms with van der Waals surface area (Å²) < 4.78 is 13.3. The van der Waals surface area contributed by atoms with Crippen molar-refractivity contribution in [3.8, 4) is 0 Å². The van der Waals surface area contributed by atoms with E-state index in [2.05, 4.69) is 12.2 Å². The van der Waals surface area contributed by atoms with Gasteiger partial charge in [-0.1, -0.05) is 31.5 Å². The van der Waals surface area contributed by atoms with Crippen LogP contribution in [0.3, 0.4) is 0 Å². The molecule has 3 heteroatoms. The van der Waals surface area contributed by atoms with Gasteiger partial charge in [0.05, 0.1) is 6.42 Å². The number of halogens is 1. The van der Waals surface area contributed by atoms with Crippen LogP contribution in [0.1, 0.15) is 32.3 Å². The van der Waals surface area contributed by atoms with Gasteiger partial charge in [-0.15, -0.1) is 0 Å². The molecule has 0 radical (unpaired) electrons. The topological polar surface area (TPSA) is 29.1 Å². The van der Waals surface area contributed by atoms with Crippen molar-refractivity contribution in [1.29, 1.82) is 0 Å². The third-order valence-electron chi connectivity index (χ3n) is 2.44. The van der Waals surface area contributed by atoms with Crippen LogP contribution in [-0.2, 0) is 11.2 Å². The molecule has 0 fully saturated rings. The molecule has 0 saturated carbocycles. The van der Waals surface area contributed by atoms with Crippen molar-refractivity contribution >= 4 is 5.91 Å². The molecular weight excluding hydrogens is 205 g/mol. The van der Waals surface area contributed by atoms with Gasteiger partial charge in [0.1, 0.15) is 5.82 Å². The summed E-state index contributed by atoms with van der Waals surface area (Å²) in [6.45, 7) is 4.03. The molecule has 0 aliphatic heterocycles. The van der Waals surface area contributed by atoms with Gasteiger partial charge in [0, 0.05) is 6.04 Å². The third-order valence-corrected chi connectivity index (χ3v) is 2.44. The zero-order valence-corrected chi connectivity index (χ0v) is 9.79. The van der Waals surface area contributed by atoms with Crippen LogP contribution in [0.2, 0.25) is 0 Å². The average Bonchev–Trinajstić information content (AvgIpc) is 2.21. The zero-order chi connectivity index (χ0) is 12.0. The van der Waals surface area contributed by atoms with Crippen molar-refractivity contribution in [1.82, 2.24) is 5.32 Å². The molecule has 1 aromatic rings. The molecule has 0 spiro atoms. The first kappa shape index (κ1) is 12.7. The molecule has 0 aliphatic rings. The third kappa shape index (κ3) is 4.01. The summed E-state index contributed by atoms with van der Waals surface area (Å²) in [7, 11) is 0. The van der Waals surface area contributed by atoms with Crippen molar-refractivity contribution in [3.63, 3.8) is 0 Å². The predicted molar refractivity (Wildman–Crippen MR) is 62.6 cm³/mol. The quantitative estimate of drug-likeness (QED) is 0.817. The van der Waals surface area contributed by atoms with Crippen molar-refractivity contribution in [3.05, 3.63) is 35.6 Å². The highest BCUT2D eigenvalue weighted by Gasteiger charge is 2.09. The van der Waals surface area contributed by atoms with E-state index in [-0.39, 0.29) is 24.2 Å². The highest BCUT2D eigenvalue weighted by atomic mass is 19.1. The van der Waals surface area contributed by atoms with Gasteiger partial charge in [-0.2, -0.15) is 0 Å². The summed E-state index contributed by atoms with van der Waals surface area (Å²) in [4.78, 5) is 11.6. The maximum atomic E-state index is 13.3. The van der Waals surface area contributed by atoms with Crippen LogP contribution in [0.25, 0.3) is 0 Å². The lowest BCUT2D eigenvalue weighted by atomic mass is 10.1. The first-order valence-corrected chi connectivity index (χ1v) is 5.66. The first-order chi connectivity index (χ1) is 7.63.